The summed E-state index contributed by atoms with van der Waals surface area (Å²) in [5, 5.41) is 3.47. The number of urea groups is 1. The van der Waals surface area contributed by atoms with Gasteiger partial charge in [0.15, 0.2) is 0 Å². The summed E-state index contributed by atoms with van der Waals surface area (Å²) in [6.45, 7) is 5.97. The topological polar surface area (TPSA) is 58.6 Å². The number of nitrogens with zero attached hydrogens (tertiary/aromatic N) is 1. The smallest absolute Gasteiger partial charge is 0.338 e. The van der Waals surface area contributed by atoms with E-state index < -0.39 is 12.0 Å². The molecule has 2 amide bonds. The van der Waals surface area contributed by atoms with E-state index in [1.165, 1.54) is 4.90 Å². The number of hydrogen-bond acceptors (Lipinski definition) is 3. The molecule has 5 nitrogen and oxygen atoms in total. The first-order valence-electron chi connectivity index (χ1n) is 7.32. The first-order chi connectivity index (χ1) is 10.9. The molecule has 1 aromatic carbocycles. The third-order valence-corrected chi connectivity index (χ3v) is 4.53. The lowest BCUT2D eigenvalue weighted by atomic mass is 9.95. The van der Waals surface area contributed by atoms with Crippen molar-refractivity contribution in [1.82, 2.24) is 10.2 Å². The van der Waals surface area contributed by atoms with Crippen LogP contribution < -0.4 is 5.32 Å². The first kappa shape index (κ1) is 17.6. The Bertz CT molecular complexity index is 673. The summed E-state index contributed by atoms with van der Waals surface area (Å²) in [4.78, 5) is 26.2. The van der Waals surface area contributed by atoms with Crippen molar-refractivity contribution in [2.75, 3.05) is 13.2 Å². The molecule has 1 N–H and O–H groups in total. The van der Waals surface area contributed by atoms with Gasteiger partial charge in [-0.15, -0.1) is 0 Å². The maximum Gasteiger partial charge on any atom is 0.338 e. The van der Waals surface area contributed by atoms with Crippen LogP contribution in [0.5, 0.6) is 0 Å². The molecule has 7 heteroatoms. The summed E-state index contributed by atoms with van der Waals surface area (Å²) >= 11 is 12.3. The summed E-state index contributed by atoms with van der Waals surface area (Å²) < 4.78 is 5.15. The minimum absolute atomic E-state index is 0.242. The van der Waals surface area contributed by atoms with Gasteiger partial charge in [0.2, 0.25) is 0 Å². The lowest BCUT2D eigenvalue weighted by Gasteiger charge is -2.35. The lowest BCUT2D eigenvalue weighted by Crippen LogP contribution is -2.48. The number of carbonyl (C=O) groups is 2. The molecule has 1 aliphatic heterocycles. The Morgan fingerprint density at radius 1 is 1.35 bits per heavy atom. The summed E-state index contributed by atoms with van der Waals surface area (Å²) in [5.41, 5.74) is 1.47. The molecule has 1 atom stereocenters. The van der Waals surface area contributed by atoms with Gasteiger partial charge in [-0.05, 0) is 32.4 Å². The van der Waals surface area contributed by atoms with Gasteiger partial charge in [-0.1, -0.05) is 35.3 Å². The molecule has 0 unspecified atom stereocenters. The molecule has 0 fully saturated rings. The van der Waals surface area contributed by atoms with Gasteiger partial charge in [0.05, 0.1) is 28.3 Å². The zero-order valence-corrected chi connectivity index (χ0v) is 14.7. The van der Waals surface area contributed by atoms with Crippen LogP contribution in [0, 0.1) is 0 Å². The number of allylic oxidation sites excluding steroid dienone is 1. The van der Waals surface area contributed by atoms with Crippen molar-refractivity contribution in [1.29, 1.82) is 0 Å². The Labute approximate surface area is 145 Å². The van der Waals surface area contributed by atoms with Gasteiger partial charge < -0.3 is 10.1 Å². The molecule has 0 saturated heterocycles. The molecule has 1 aromatic rings. The molecule has 23 heavy (non-hydrogen) atoms. The average Bonchev–Trinajstić information content (AvgIpc) is 2.50. The molecule has 0 saturated carbocycles. The molecule has 1 aliphatic rings. The molecule has 0 aromatic heterocycles. The predicted molar refractivity (Wildman–Crippen MR) is 89.4 cm³/mol. The number of amides is 2. The van der Waals surface area contributed by atoms with E-state index in [1.54, 1.807) is 32.0 Å². The average molecular weight is 357 g/mol. The van der Waals surface area contributed by atoms with Crippen LogP contribution in [0.15, 0.2) is 29.5 Å². The number of nitrogens with one attached hydrogen (secondary N) is 1. The number of carbonyl (C=O) groups excluding carboxylic acids is 2. The van der Waals surface area contributed by atoms with Gasteiger partial charge >= 0.3 is 12.0 Å². The van der Waals surface area contributed by atoms with Gasteiger partial charge in [0.1, 0.15) is 0 Å². The zero-order chi connectivity index (χ0) is 17.1. The molecule has 0 spiro atoms. The quantitative estimate of drug-likeness (QED) is 0.831. The Morgan fingerprint density at radius 3 is 2.65 bits per heavy atom. The summed E-state index contributed by atoms with van der Waals surface area (Å²) in [6, 6.07) is 4.11. The Kier molecular flexibility index (Phi) is 5.55. The maximum atomic E-state index is 12.4. The van der Waals surface area contributed by atoms with Gasteiger partial charge in [0, 0.05) is 12.2 Å². The Balaban J connectivity index is 2.60. The number of rotatable bonds is 4. The number of esters is 1. The third kappa shape index (κ3) is 3.31. The molecular formula is C16H18Cl2N2O3. The second kappa shape index (κ2) is 7.23. The predicted octanol–water partition coefficient (Wildman–Crippen LogP) is 3.92. The number of hydrogen-bond donors (Lipinski definition) is 1. The SMILES string of the molecule is CCOC(=O)C1=C(C)N(CC)C(=O)N[C@@H]1c1cccc(Cl)c1Cl. The molecule has 0 bridgehead atoms. The van der Waals surface area contributed by atoms with Crippen LogP contribution >= 0.6 is 23.2 Å². The lowest BCUT2D eigenvalue weighted by molar-refractivity contribution is -0.139. The van der Waals surface area contributed by atoms with E-state index >= 15 is 0 Å². The normalized spacial score (nSPS) is 18.0. The fourth-order valence-electron chi connectivity index (χ4n) is 2.61. The highest BCUT2D eigenvalue weighted by Crippen LogP contribution is 2.37. The second-order valence-corrected chi connectivity index (χ2v) is 5.77. The standard InChI is InChI=1S/C16H18Cl2N2O3/c1-4-20-9(3)12(15(21)23-5-2)14(19-16(20)22)10-7-6-8-11(17)13(10)18/h6-8,14H,4-5H2,1-3H3,(H,19,22)/t14-/m1/s1. The fourth-order valence-corrected chi connectivity index (χ4v) is 3.03. The molecule has 1 heterocycles. The van der Waals surface area contributed by atoms with E-state index in [2.05, 4.69) is 5.32 Å². The van der Waals surface area contributed by atoms with Crippen LogP contribution in [-0.4, -0.2) is 30.1 Å². The largest absolute Gasteiger partial charge is 0.463 e. The van der Waals surface area contributed by atoms with E-state index in [0.717, 1.165) is 0 Å². The van der Waals surface area contributed by atoms with Crippen LogP contribution in [-0.2, 0) is 9.53 Å². The number of ether oxygens (including phenoxy) is 1. The van der Waals surface area contributed by atoms with Crippen molar-refractivity contribution >= 4 is 35.2 Å². The van der Waals surface area contributed by atoms with Gasteiger partial charge in [-0.2, -0.15) is 0 Å². The van der Waals surface area contributed by atoms with E-state index in [1.807, 2.05) is 6.92 Å². The van der Waals surface area contributed by atoms with Crippen molar-refractivity contribution in [3.05, 3.63) is 45.1 Å². The maximum absolute atomic E-state index is 12.4. The highest BCUT2D eigenvalue weighted by atomic mass is 35.5. The van der Waals surface area contributed by atoms with E-state index in [9.17, 15) is 9.59 Å². The Hall–Kier alpha value is -1.72. The van der Waals surface area contributed by atoms with E-state index in [0.29, 0.717) is 33.4 Å². The molecule has 124 valence electrons. The number of benzene rings is 1. The van der Waals surface area contributed by atoms with Gasteiger partial charge in [-0.25, -0.2) is 9.59 Å². The van der Waals surface area contributed by atoms with Crippen LogP contribution in [0.1, 0.15) is 32.4 Å². The molecule has 0 aliphatic carbocycles. The van der Waals surface area contributed by atoms with Crippen LogP contribution in [0.3, 0.4) is 0 Å². The molecule has 2 rings (SSSR count). The first-order valence-corrected chi connectivity index (χ1v) is 8.07. The zero-order valence-electron chi connectivity index (χ0n) is 13.2. The second-order valence-electron chi connectivity index (χ2n) is 4.99. The van der Waals surface area contributed by atoms with Crippen LogP contribution in [0.25, 0.3) is 0 Å². The van der Waals surface area contributed by atoms with Gasteiger partial charge in [-0.3, -0.25) is 4.90 Å². The molecular weight excluding hydrogens is 339 g/mol. The third-order valence-electron chi connectivity index (χ3n) is 3.70. The van der Waals surface area contributed by atoms with Crippen molar-refractivity contribution in [3.63, 3.8) is 0 Å². The highest BCUT2D eigenvalue weighted by Gasteiger charge is 2.36. The summed E-state index contributed by atoms with van der Waals surface area (Å²) in [6.07, 6.45) is 0. The van der Waals surface area contributed by atoms with Crippen molar-refractivity contribution in [3.8, 4) is 0 Å². The van der Waals surface area contributed by atoms with Crippen LogP contribution in [0.4, 0.5) is 4.79 Å². The molecule has 0 radical (unpaired) electrons. The van der Waals surface area contributed by atoms with Gasteiger partial charge in [0.25, 0.3) is 0 Å². The van der Waals surface area contributed by atoms with Crippen molar-refractivity contribution < 1.29 is 14.3 Å². The fraction of sp³-hybridized carbons (Fsp3) is 0.375. The van der Waals surface area contributed by atoms with Crippen molar-refractivity contribution in [2.45, 2.75) is 26.8 Å². The van der Waals surface area contributed by atoms with E-state index in [4.69, 9.17) is 27.9 Å². The highest BCUT2D eigenvalue weighted by molar-refractivity contribution is 6.42. The van der Waals surface area contributed by atoms with Crippen molar-refractivity contribution in [2.24, 2.45) is 0 Å². The Morgan fingerprint density at radius 2 is 2.04 bits per heavy atom. The van der Waals surface area contributed by atoms with Crippen LogP contribution in [0.2, 0.25) is 10.0 Å². The number of halogens is 2. The van der Waals surface area contributed by atoms with E-state index in [-0.39, 0.29) is 12.6 Å². The summed E-state index contributed by atoms with van der Waals surface area (Å²) in [7, 11) is 0. The minimum Gasteiger partial charge on any atom is -0.463 e. The summed E-state index contributed by atoms with van der Waals surface area (Å²) in [5.74, 6) is -0.482. The monoisotopic (exact) mass is 356 g/mol. The minimum atomic E-state index is -0.699.